The molecule has 0 radical (unpaired) electrons. The van der Waals surface area contributed by atoms with Crippen molar-refractivity contribution in [3.63, 3.8) is 0 Å². The van der Waals surface area contributed by atoms with Crippen molar-refractivity contribution in [2.45, 2.75) is 39.2 Å². The van der Waals surface area contributed by atoms with E-state index in [-0.39, 0.29) is 23.7 Å². The topological polar surface area (TPSA) is 67.4 Å². The highest BCUT2D eigenvalue weighted by Crippen LogP contribution is 2.31. The molecule has 1 aliphatic carbocycles. The first-order chi connectivity index (χ1) is 13.6. The fourth-order valence-electron chi connectivity index (χ4n) is 3.70. The number of hydrogen-bond donors (Lipinski definition) is 2. The maximum Gasteiger partial charge on any atom is 0.227 e. The zero-order valence-electron chi connectivity index (χ0n) is 16.5. The highest BCUT2D eigenvalue weighted by molar-refractivity contribution is 5.94. The molecule has 3 rings (SSSR count). The largest absolute Gasteiger partial charge is 0.495 e. The lowest BCUT2D eigenvalue weighted by atomic mass is 9.81. The summed E-state index contributed by atoms with van der Waals surface area (Å²) in [4.78, 5) is 25.1. The van der Waals surface area contributed by atoms with Gasteiger partial charge in [0.1, 0.15) is 5.75 Å². The number of anilines is 1. The molecule has 0 saturated heterocycles. The minimum Gasteiger partial charge on any atom is -0.495 e. The van der Waals surface area contributed by atoms with Crippen LogP contribution in [0.25, 0.3) is 0 Å². The van der Waals surface area contributed by atoms with E-state index in [0.29, 0.717) is 18.0 Å². The Labute approximate surface area is 166 Å². The Morgan fingerprint density at radius 2 is 1.61 bits per heavy atom. The van der Waals surface area contributed by atoms with Gasteiger partial charge in [0.05, 0.1) is 12.8 Å². The van der Waals surface area contributed by atoms with Crippen molar-refractivity contribution in [1.29, 1.82) is 0 Å². The number of carbonyl (C=O) groups is 2. The summed E-state index contributed by atoms with van der Waals surface area (Å²) in [7, 11) is 1.60. The number of nitrogens with one attached hydrogen (secondary N) is 2. The lowest BCUT2D eigenvalue weighted by Crippen LogP contribution is -2.35. The Balaban J connectivity index is 1.48. The van der Waals surface area contributed by atoms with E-state index in [0.717, 1.165) is 36.8 Å². The third kappa shape index (κ3) is 5.12. The second kappa shape index (κ2) is 9.40. The Kier molecular flexibility index (Phi) is 6.69. The molecule has 0 spiro atoms. The van der Waals surface area contributed by atoms with Crippen molar-refractivity contribution in [3.05, 3.63) is 59.7 Å². The van der Waals surface area contributed by atoms with Crippen LogP contribution in [0.15, 0.2) is 48.5 Å². The van der Waals surface area contributed by atoms with Crippen LogP contribution in [0, 0.1) is 18.8 Å². The van der Waals surface area contributed by atoms with Crippen LogP contribution in [0.4, 0.5) is 5.69 Å². The first-order valence-corrected chi connectivity index (χ1v) is 9.84. The van der Waals surface area contributed by atoms with Crippen molar-refractivity contribution in [1.82, 2.24) is 5.32 Å². The van der Waals surface area contributed by atoms with Gasteiger partial charge in [-0.25, -0.2) is 0 Å². The Hall–Kier alpha value is -2.82. The van der Waals surface area contributed by atoms with E-state index in [1.807, 2.05) is 55.5 Å². The van der Waals surface area contributed by atoms with Crippen LogP contribution in [0.2, 0.25) is 0 Å². The Bertz CT molecular complexity index is 812. The molecule has 5 heteroatoms. The van der Waals surface area contributed by atoms with E-state index in [2.05, 4.69) is 10.6 Å². The first kappa shape index (κ1) is 19.9. The number of aryl methyl sites for hydroxylation is 1. The normalized spacial score (nSPS) is 18.9. The fraction of sp³-hybridized carbons (Fsp3) is 0.391. The first-order valence-electron chi connectivity index (χ1n) is 9.84. The molecule has 0 aliphatic heterocycles. The maximum absolute atomic E-state index is 12.7. The minimum atomic E-state index is -0.0663. The van der Waals surface area contributed by atoms with E-state index in [1.165, 1.54) is 0 Å². The smallest absolute Gasteiger partial charge is 0.227 e. The molecule has 2 amide bonds. The summed E-state index contributed by atoms with van der Waals surface area (Å²) < 4.78 is 5.33. The highest BCUT2D eigenvalue weighted by Gasteiger charge is 2.30. The van der Waals surface area contributed by atoms with Crippen molar-refractivity contribution in [3.8, 4) is 5.75 Å². The molecule has 28 heavy (non-hydrogen) atoms. The molecule has 0 bridgehead atoms. The number of amides is 2. The van der Waals surface area contributed by atoms with Crippen LogP contribution in [-0.2, 0) is 16.1 Å². The molecule has 5 nitrogen and oxygen atoms in total. The van der Waals surface area contributed by atoms with E-state index in [1.54, 1.807) is 7.11 Å². The molecule has 1 saturated carbocycles. The Morgan fingerprint density at radius 3 is 2.25 bits per heavy atom. The van der Waals surface area contributed by atoms with E-state index < -0.39 is 0 Å². The minimum absolute atomic E-state index is 0.00652. The van der Waals surface area contributed by atoms with Crippen molar-refractivity contribution in [2.24, 2.45) is 11.8 Å². The van der Waals surface area contributed by atoms with Gasteiger partial charge in [-0.1, -0.05) is 36.4 Å². The average molecular weight is 380 g/mol. The second-order valence-corrected chi connectivity index (χ2v) is 7.44. The molecule has 148 valence electrons. The lowest BCUT2D eigenvalue weighted by Gasteiger charge is -2.27. The summed E-state index contributed by atoms with van der Waals surface area (Å²) >= 11 is 0. The van der Waals surface area contributed by atoms with Crippen LogP contribution < -0.4 is 15.4 Å². The molecule has 0 heterocycles. The van der Waals surface area contributed by atoms with Crippen molar-refractivity contribution in [2.75, 3.05) is 12.4 Å². The summed E-state index contributed by atoms with van der Waals surface area (Å²) in [5, 5.41) is 6.02. The molecular weight excluding hydrogens is 352 g/mol. The molecule has 1 fully saturated rings. The molecular formula is C23H28N2O3. The van der Waals surface area contributed by atoms with Crippen LogP contribution in [0.5, 0.6) is 5.75 Å². The third-order valence-corrected chi connectivity index (χ3v) is 5.39. The molecule has 0 aromatic heterocycles. The molecule has 0 atom stereocenters. The zero-order valence-corrected chi connectivity index (χ0v) is 16.5. The molecule has 2 aromatic carbocycles. The van der Waals surface area contributed by atoms with E-state index >= 15 is 0 Å². The molecule has 0 unspecified atom stereocenters. The predicted molar refractivity (Wildman–Crippen MR) is 110 cm³/mol. The molecule has 2 N–H and O–H groups in total. The van der Waals surface area contributed by atoms with Crippen molar-refractivity contribution >= 4 is 17.5 Å². The van der Waals surface area contributed by atoms with Gasteiger partial charge in [0.2, 0.25) is 11.8 Å². The highest BCUT2D eigenvalue weighted by atomic mass is 16.5. The average Bonchev–Trinajstić information content (AvgIpc) is 2.73. The zero-order chi connectivity index (χ0) is 19.9. The quantitative estimate of drug-likeness (QED) is 0.794. The van der Waals surface area contributed by atoms with Crippen molar-refractivity contribution < 1.29 is 14.3 Å². The maximum atomic E-state index is 12.7. The summed E-state index contributed by atoms with van der Waals surface area (Å²) in [6, 6.07) is 15.6. The van der Waals surface area contributed by atoms with Gasteiger partial charge < -0.3 is 15.4 Å². The van der Waals surface area contributed by atoms with Gasteiger partial charge in [-0.3, -0.25) is 9.59 Å². The molecule has 2 aromatic rings. The standard InChI is InChI=1S/C23H28N2O3/c1-16-8-13-21(28-2)20(14-16)25-23(27)19-11-9-18(10-12-19)22(26)24-15-17-6-4-3-5-7-17/h3-8,13-14,18-19H,9-12,15H2,1-2H3,(H,24,26)(H,25,27). The van der Waals surface area contributed by atoms with Gasteiger partial charge in [-0.2, -0.15) is 0 Å². The number of rotatable bonds is 6. The van der Waals surface area contributed by atoms with E-state index in [9.17, 15) is 9.59 Å². The number of carbonyl (C=O) groups excluding carboxylic acids is 2. The van der Waals surface area contributed by atoms with Gasteiger partial charge in [-0.05, 0) is 55.9 Å². The Morgan fingerprint density at radius 1 is 0.964 bits per heavy atom. The van der Waals surface area contributed by atoms with Gasteiger partial charge >= 0.3 is 0 Å². The monoisotopic (exact) mass is 380 g/mol. The van der Waals surface area contributed by atoms with Gasteiger partial charge in [0, 0.05) is 18.4 Å². The van der Waals surface area contributed by atoms with Gasteiger partial charge in [0.15, 0.2) is 0 Å². The number of benzene rings is 2. The number of methoxy groups -OCH3 is 1. The lowest BCUT2D eigenvalue weighted by molar-refractivity contribution is -0.128. The summed E-state index contributed by atoms with van der Waals surface area (Å²) in [5.41, 5.74) is 2.86. The number of hydrogen-bond acceptors (Lipinski definition) is 3. The van der Waals surface area contributed by atoms with E-state index in [4.69, 9.17) is 4.74 Å². The predicted octanol–water partition coefficient (Wildman–Crippen LogP) is 4.06. The second-order valence-electron chi connectivity index (χ2n) is 7.44. The molecule has 1 aliphatic rings. The summed E-state index contributed by atoms with van der Waals surface area (Å²) in [6.45, 7) is 2.53. The van der Waals surface area contributed by atoms with Crippen LogP contribution >= 0.6 is 0 Å². The SMILES string of the molecule is COc1ccc(C)cc1NC(=O)C1CCC(C(=O)NCc2ccccc2)CC1. The summed E-state index contributed by atoms with van der Waals surface area (Å²) in [5.74, 6) is 0.674. The summed E-state index contributed by atoms with van der Waals surface area (Å²) in [6.07, 6.45) is 2.93. The van der Waals surface area contributed by atoms with Crippen LogP contribution in [0.3, 0.4) is 0 Å². The van der Waals surface area contributed by atoms with Crippen LogP contribution in [-0.4, -0.2) is 18.9 Å². The third-order valence-electron chi connectivity index (χ3n) is 5.39. The fourth-order valence-corrected chi connectivity index (χ4v) is 3.70. The van der Waals surface area contributed by atoms with Crippen LogP contribution in [0.1, 0.15) is 36.8 Å². The van der Waals surface area contributed by atoms with Gasteiger partial charge in [-0.15, -0.1) is 0 Å². The number of ether oxygens (including phenoxy) is 1. The van der Waals surface area contributed by atoms with Gasteiger partial charge in [0.25, 0.3) is 0 Å².